The monoisotopic (exact) mass is 381 g/mol. The van der Waals surface area contributed by atoms with Crippen LogP contribution in [0.3, 0.4) is 0 Å². The van der Waals surface area contributed by atoms with Crippen molar-refractivity contribution in [1.29, 1.82) is 0 Å². The van der Waals surface area contributed by atoms with Gasteiger partial charge in [0.25, 0.3) is 0 Å². The van der Waals surface area contributed by atoms with E-state index in [1.807, 2.05) is 0 Å². The number of rotatable bonds is 3. The summed E-state index contributed by atoms with van der Waals surface area (Å²) in [4.78, 5) is 15.3. The van der Waals surface area contributed by atoms with E-state index in [1.54, 1.807) is 35.9 Å². The van der Waals surface area contributed by atoms with Crippen LogP contribution in [0.2, 0.25) is 5.02 Å². The van der Waals surface area contributed by atoms with Crippen LogP contribution in [0.5, 0.6) is 0 Å². The van der Waals surface area contributed by atoms with E-state index < -0.39 is 5.82 Å². The lowest BCUT2D eigenvalue weighted by atomic mass is 10.1. The summed E-state index contributed by atoms with van der Waals surface area (Å²) >= 11 is 9.43. The van der Waals surface area contributed by atoms with E-state index >= 15 is 0 Å². The molecule has 0 amide bonds. The summed E-state index contributed by atoms with van der Waals surface area (Å²) in [6.07, 6.45) is 2.10. The number of hydrogen-bond acceptors (Lipinski definition) is 3. The lowest BCUT2D eigenvalue weighted by Gasteiger charge is -2.12. The van der Waals surface area contributed by atoms with Crippen LogP contribution in [0.25, 0.3) is 11.0 Å². The van der Waals surface area contributed by atoms with Gasteiger partial charge in [0, 0.05) is 17.1 Å². The van der Waals surface area contributed by atoms with E-state index in [0.29, 0.717) is 22.5 Å². The molecule has 0 unspecified atom stereocenters. The molecule has 3 rings (SSSR count). The molecule has 1 N–H and O–H groups in total. The van der Waals surface area contributed by atoms with Crippen LogP contribution in [0.4, 0.5) is 15.8 Å². The van der Waals surface area contributed by atoms with Crippen LogP contribution < -0.4 is 5.32 Å². The van der Waals surface area contributed by atoms with Crippen molar-refractivity contribution in [2.75, 3.05) is 5.32 Å². The number of carbonyl (C=O) groups excluding carboxylic acids is 1. The van der Waals surface area contributed by atoms with Gasteiger partial charge in [-0.1, -0.05) is 27.5 Å². The molecule has 0 radical (unpaired) electrons. The van der Waals surface area contributed by atoms with Gasteiger partial charge >= 0.3 is 0 Å². The predicted molar refractivity (Wildman–Crippen MR) is 88.5 cm³/mol. The molecule has 1 heterocycles. The second kappa shape index (κ2) is 5.70. The first-order chi connectivity index (χ1) is 10.5. The number of aldehydes is 1. The van der Waals surface area contributed by atoms with Gasteiger partial charge in [-0.05, 0) is 24.3 Å². The first kappa shape index (κ1) is 15.0. The molecule has 3 aromatic rings. The molecule has 0 saturated carbocycles. The molecule has 0 saturated heterocycles. The summed E-state index contributed by atoms with van der Waals surface area (Å²) in [7, 11) is 1.74. The lowest BCUT2D eigenvalue weighted by molar-refractivity contribution is 0.112. The number of benzene rings is 2. The Morgan fingerprint density at radius 1 is 1.41 bits per heavy atom. The Labute approximate surface area is 139 Å². The number of carbonyl (C=O) groups is 1. The normalized spacial score (nSPS) is 10.9. The van der Waals surface area contributed by atoms with Crippen LogP contribution >= 0.6 is 27.5 Å². The van der Waals surface area contributed by atoms with Crippen LogP contribution in [0.1, 0.15) is 10.4 Å². The summed E-state index contributed by atoms with van der Waals surface area (Å²) in [5.74, 6) is -0.584. The minimum Gasteiger partial charge on any atom is -0.351 e. The average Bonchev–Trinajstić information content (AvgIpc) is 2.85. The van der Waals surface area contributed by atoms with Crippen molar-refractivity contribution in [3.63, 3.8) is 0 Å². The van der Waals surface area contributed by atoms with E-state index in [9.17, 15) is 9.18 Å². The third kappa shape index (κ3) is 2.48. The number of hydrogen-bond donors (Lipinski definition) is 1. The van der Waals surface area contributed by atoms with Crippen molar-refractivity contribution in [2.24, 2.45) is 7.05 Å². The van der Waals surface area contributed by atoms with E-state index in [2.05, 4.69) is 26.2 Å². The van der Waals surface area contributed by atoms with Gasteiger partial charge in [-0.2, -0.15) is 0 Å². The number of imidazole rings is 1. The quantitative estimate of drug-likeness (QED) is 0.669. The first-order valence-corrected chi connectivity index (χ1v) is 7.49. The van der Waals surface area contributed by atoms with Crippen LogP contribution in [-0.2, 0) is 7.05 Å². The molecule has 7 heteroatoms. The Balaban J connectivity index is 2.17. The maximum absolute atomic E-state index is 14.7. The summed E-state index contributed by atoms with van der Waals surface area (Å²) in [6, 6.07) is 6.74. The highest BCUT2D eigenvalue weighted by Crippen LogP contribution is 2.33. The van der Waals surface area contributed by atoms with Gasteiger partial charge in [0.15, 0.2) is 12.1 Å². The molecule has 0 atom stereocenters. The zero-order chi connectivity index (χ0) is 15.9. The highest BCUT2D eigenvalue weighted by molar-refractivity contribution is 9.10. The summed E-state index contributed by atoms with van der Waals surface area (Å²) in [5.41, 5.74) is 1.51. The second-order valence-electron chi connectivity index (χ2n) is 4.75. The Bertz CT molecular complexity index is 894. The minimum atomic E-state index is -0.584. The van der Waals surface area contributed by atoms with Gasteiger partial charge < -0.3 is 9.88 Å². The molecule has 112 valence electrons. The number of anilines is 2. The van der Waals surface area contributed by atoms with E-state index in [0.717, 1.165) is 4.47 Å². The lowest BCUT2D eigenvalue weighted by Crippen LogP contribution is -2.01. The van der Waals surface area contributed by atoms with E-state index in [1.165, 1.54) is 6.33 Å². The summed E-state index contributed by atoms with van der Waals surface area (Å²) in [6.45, 7) is 0. The molecular weight excluding hydrogens is 373 g/mol. The highest BCUT2D eigenvalue weighted by Gasteiger charge is 2.17. The zero-order valence-electron chi connectivity index (χ0n) is 11.4. The fourth-order valence-electron chi connectivity index (χ4n) is 2.19. The standard InChI is InChI=1S/C15H10BrClFN3O/c1-21-7-19-15-12(21)4-8(6-22)14(13(15)18)20-11-3-2-9(16)5-10(11)17/h2-7,20H,1H3. The third-order valence-corrected chi connectivity index (χ3v) is 4.11. The Morgan fingerprint density at radius 2 is 2.18 bits per heavy atom. The van der Waals surface area contributed by atoms with Crippen molar-refractivity contribution < 1.29 is 9.18 Å². The molecule has 22 heavy (non-hydrogen) atoms. The van der Waals surface area contributed by atoms with Crippen LogP contribution in [-0.4, -0.2) is 15.8 Å². The molecule has 4 nitrogen and oxygen atoms in total. The smallest absolute Gasteiger partial charge is 0.175 e. The summed E-state index contributed by atoms with van der Waals surface area (Å²) < 4.78 is 17.1. The largest absolute Gasteiger partial charge is 0.351 e. The van der Waals surface area contributed by atoms with Gasteiger partial charge in [0.1, 0.15) is 5.52 Å². The topological polar surface area (TPSA) is 46.9 Å². The van der Waals surface area contributed by atoms with Gasteiger partial charge in [-0.3, -0.25) is 4.79 Å². The third-order valence-electron chi connectivity index (χ3n) is 3.31. The molecule has 0 aliphatic heterocycles. The van der Waals surface area contributed by atoms with Crippen molar-refractivity contribution in [2.45, 2.75) is 0 Å². The number of fused-ring (bicyclic) bond motifs is 1. The van der Waals surface area contributed by atoms with Crippen LogP contribution in [0.15, 0.2) is 35.1 Å². The molecule has 0 aliphatic rings. The number of aromatic nitrogens is 2. The molecule has 0 fully saturated rings. The summed E-state index contributed by atoms with van der Waals surface area (Å²) in [5, 5.41) is 3.29. The Kier molecular flexibility index (Phi) is 3.88. The minimum absolute atomic E-state index is 0.0606. The Morgan fingerprint density at radius 3 is 2.86 bits per heavy atom. The van der Waals surface area contributed by atoms with Gasteiger partial charge in [0.2, 0.25) is 0 Å². The zero-order valence-corrected chi connectivity index (χ0v) is 13.7. The van der Waals surface area contributed by atoms with Gasteiger partial charge in [-0.15, -0.1) is 0 Å². The van der Waals surface area contributed by atoms with Crippen molar-refractivity contribution in [1.82, 2.24) is 9.55 Å². The molecule has 1 aromatic heterocycles. The number of aryl methyl sites for hydroxylation is 1. The second-order valence-corrected chi connectivity index (χ2v) is 6.07. The number of nitrogens with one attached hydrogen (secondary N) is 1. The Hall–Kier alpha value is -1.92. The highest BCUT2D eigenvalue weighted by atomic mass is 79.9. The molecule has 0 spiro atoms. The van der Waals surface area contributed by atoms with E-state index in [4.69, 9.17) is 11.6 Å². The maximum Gasteiger partial charge on any atom is 0.175 e. The molecular formula is C15H10BrClFN3O. The predicted octanol–water partition coefficient (Wildman–Crippen LogP) is 4.68. The average molecular weight is 383 g/mol. The van der Waals surface area contributed by atoms with Gasteiger partial charge in [-0.25, -0.2) is 9.37 Å². The number of halogens is 3. The molecule has 0 bridgehead atoms. The van der Waals surface area contributed by atoms with Crippen LogP contribution in [0, 0.1) is 5.82 Å². The SMILES string of the molecule is Cn1cnc2c(F)c(Nc3ccc(Br)cc3Cl)c(C=O)cc21. The van der Waals surface area contributed by atoms with Crippen molar-refractivity contribution in [3.8, 4) is 0 Å². The fraction of sp³-hybridized carbons (Fsp3) is 0.0667. The van der Waals surface area contributed by atoms with Crippen molar-refractivity contribution >= 4 is 56.2 Å². The number of nitrogens with zero attached hydrogens (tertiary/aromatic N) is 2. The maximum atomic E-state index is 14.7. The molecule has 2 aromatic carbocycles. The van der Waals surface area contributed by atoms with Gasteiger partial charge in [0.05, 0.1) is 28.2 Å². The van der Waals surface area contributed by atoms with Crippen molar-refractivity contribution in [3.05, 3.63) is 51.5 Å². The first-order valence-electron chi connectivity index (χ1n) is 6.32. The fourth-order valence-corrected chi connectivity index (χ4v) is 2.91. The van der Waals surface area contributed by atoms with E-state index in [-0.39, 0.29) is 16.8 Å². The molecule has 0 aliphatic carbocycles.